The van der Waals surface area contributed by atoms with Crippen LogP contribution in [0.4, 0.5) is 5.69 Å². The van der Waals surface area contributed by atoms with Crippen molar-refractivity contribution in [1.29, 1.82) is 0 Å². The third kappa shape index (κ3) is 4.25. The lowest BCUT2D eigenvalue weighted by atomic mass is 10.1. The van der Waals surface area contributed by atoms with Gasteiger partial charge in [-0.05, 0) is 30.2 Å². The Balaban J connectivity index is 2.10. The van der Waals surface area contributed by atoms with Crippen molar-refractivity contribution in [3.05, 3.63) is 58.6 Å². The summed E-state index contributed by atoms with van der Waals surface area (Å²) in [5, 5.41) is 3.48. The Morgan fingerprint density at radius 2 is 1.95 bits per heavy atom. The van der Waals surface area contributed by atoms with E-state index in [-0.39, 0.29) is 5.91 Å². The monoisotopic (exact) mass is 317 g/mol. The van der Waals surface area contributed by atoms with Crippen molar-refractivity contribution in [2.75, 3.05) is 5.32 Å². The third-order valence-electron chi connectivity index (χ3n) is 3.40. The van der Waals surface area contributed by atoms with Crippen LogP contribution >= 0.6 is 11.6 Å². The van der Waals surface area contributed by atoms with Crippen molar-refractivity contribution in [1.82, 2.24) is 0 Å². The van der Waals surface area contributed by atoms with Crippen LogP contribution in [0.1, 0.15) is 31.4 Å². The fourth-order valence-corrected chi connectivity index (χ4v) is 2.30. The van der Waals surface area contributed by atoms with Gasteiger partial charge in [-0.3, -0.25) is 4.79 Å². The number of para-hydroxylation sites is 1. The molecule has 0 unspecified atom stereocenters. The highest BCUT2D eigenvalue weighted by atomic mass is 35.5. The number of carbonyl (C=O) groups excluding carboxylic acids is 1. The van der Waals surface area contributed by atoms with Gasteiger partial charge in [0, 0.05) is 17.7 Å². The molecule has 0 fully saturated rings. The van der Waals surface area contributed by atoms with Gasteiger partial charge in [-0.15, -0.1) is 0 Å². The maximum atomic E-state index is 11.6. The molecule has 0 bridgehead atoms. The highest BCUT2D eigenvalue weighted by Crippen LogP contribution is 2.27. The molecule has 0 heterocycles. The van der Waals surface area contributed by atoms with Gasteiger partial charge in [-0.2, -0.15) is 0 Å². The molecule has 0 spiro atoms. The molecule has 2 rings (SSSR count). The first kappa shape index (κ1) is 16.4. The Bertz CT molecular complexity index is 655. The van der Waals surface area contributed by atoms with Gasteiger partial charge in [-0.25, -0.2) is 0 Å². The van der Waals surface area contributed by atoms with E-state index < -0.39 is 0 Å². The molecule has 0 saturated carbocycles. The van der Waals surface area contributed by atoms with Crippen LogP contribution in [0.3, 0.4) is 0 Å². The van der Waals surface area contributed by atoms with E-state index in [0.717, 1.165) is 17.7 Å². The molecule has 2 aromatic carbocycles. The van der Waals surface area contributed by atoms with Gasteiger partial charge in [0.1, 0.15) is 12.4 Å². The number of ether oxygens (including phenoxy) is 1. The van der Waals surface area contributed by atoms with Crippen molar-refractivity contribution in [2.24, 2.45) is 0 Å². The van der Waals surface area contributed by atoms with Crippen molar-refractivity contribution in [3.63, 3.8) is 0 Å². The van der Waals surface area contributed by atoms with Crippen LogP contribution in [-0.4, -0.2) is 5.91 Å². The summed E-state index contributed by atoms with van der Waals surface area (Å²) in [6, 6.07) is 13.4. The van der Waals surface area contributed by atoms with Crippen LogP contribution in [0.25, 0.3) is 0 Å². The lowest BCUT2D eigenvalue weighted by Gasteiger charge is -2.13. The average molecular weight is 318 g/mol. The van der Waals surface area contributed by atoms with Gasteiger partial charge in [-0.1, -0.05) is 49.7 Å². The van der Waals surface area contributed by atoms with Gasteiger partial charge in [0.05, 0.1) is 5.02 Å². The second-order valence-electron chi connectivity index (χ2n) is 4.97. The van der Waals surface area contributed by atoms with E-state index in [1.807, 2.05) is 49.4 Å². The van der Waals surface area contributed by atoms with Gasteiger partial charge < -0.3 is 10.1 Å². The van der Waals surface area contributed by atoms with Gasteiger partial charge >= 0.3 is 0 Å². The first-order valence-corrected chi connectivity index (χ1v) is 7.80. The molecule has 22 heavy (non-hydrogen) atoms. The molecule has 0 radical (unpaired) electrons. The van der Waals surface area contributed by atoms with Crippen LogP contribution in [0.2, 0.25) is 5.02 Å². The van der Waals surface area contributed by atoms with E-state index in [2.05, 4.69) is 12.2 Å². The summed E-state index contributed by atoms with van der Waals surface area (Å²) in [6.45, 7) is 4.26. The second-order valence-corrected chi connectivity index (χ2v) is 5.37. The van der Waals surface area contributed by atoms with Crippen LogP contribution < -0.4 is 10.1 Å². The number of hydrogen-bond acceptors (Lipinski definition) is 2. The standard InChI is InChI=1S/C18H20ClNO2/c1-3-13-9-10-17(15(19)11-13)22-12-14-7-5-6-8-16(14)20-18(21)4-2/h5-11H,3-4,12H2,1-2H3,(H,20,21). The fourth-order valence-electron chi connectivity index (χ4n) is 2.04. The first-order chi connectivity index (χ1) is 10.6. The predicted octanol–water partition coefficient (Wildman–Crippen LogP) is 4.83. The number of carbonyl (C=O) groups is 1. The van der Waals surface area contributed by atoms with Crippen molar-refractivity contribution < 1.29 is 9.53 Å². The lowest BCUT2D eigenvalue weighted by Crippen LogP contribution is -2.12. The molecule has 1 amide bonds. The Labute approximate surface area is 136 Å². The van der Waals surface area contributed by atoms with E-state index in [0.29, 0.717) is 23.8 Å². The van der Waals surface area contributed by atoms with Gasteiger partial charge in [0.15, 0.2) is 0 Å². The molecule has 0 aliphatic carbocycles. The van der Waals surface area contributed by atoms with Crippen molar-refractivity contribution in [3.8, 4) is 5.75 Å². The smallest absolute Gasteiger partial charge is 0.224 e. The first-order valence-electron chi connectivity index (χ1n) is 7.43. The lowest BCUT2D eigenvalue weighted by molar-refractivity contribution is -0.115. The van der Waals surface area contributed by atoms with Gasteiger partial charge in [0.2, 0.25) is 5.91 Å². The molecule has 0 aliphatic heterocycles. The summed E-state index contributed by atoms with van der Waals surface area (Å²) < 4.78 is 5.79. The molecule has 0 atom stereocenters. The summed E-state index contributed by atoms with van der Waals surface area (Å²) in [5.74, 6) is 0.633. The molecule has 3 nitrogen and oxygen atoms in total. The molecule has 0 saturated heterocycles. The zero-order valence-electron chi connectivity index (χ0n) is 12.9. The summed E-state index contributed by atoms with van der Waals surface area (Å²) in [4.78, 5) is 11.6. The SMILES string of the molecule is CCC(=O)Nc1ccccc1COc1ccc(CC)cc1Cl. The van der Waals surface area contributed by atoms with E-state index in [1.54, 1.807) is 0 Å². The Morgan fingerprint density at radius 1 is 1.18 bits per heavy atom. The molecule has 116 valence electrons. The normalized spacial score (nSPS) is 10.3. The van der Waals surface area contributed by atoms with Crippen LogP contribution in [0.15, 0.2) is 42.5 Å². The number of hydrogen-bond donors (Lipinski definition) is 1. The predicted molar refractivity (Wildman–Crippen MR) is 90.5 cm³/mol. The maximum Gasteiger partial charge on any atom is 0.224 e. The number of anilines is 1. The Morgan fingerprint density at radius 3 is 2.64 bits per heavy atom. The van der Waals surface area contributed by atoms with Crippen LogP contribution in [0, 0.1) is 0 Å². The summed E-state index contributed by atoms with van der Waals surface area (Å²) >= 11 is 6.23. The molecule has 0 aliphatic rings. The number of aryl methyl sites for hydroxylation is 1. The fraction of sp³-hybridized carbons (Fsp3) is 0.278. The summed E-state index contributed by atoms with van der Waals surface area (Å²) in [6.07, 6.45) is 1.38. The number of halogens is 1. The quantitative estimate of drug-likeness (QED) is 0.828. The third-order valence-corrected chi connectivity index (χ3v) is 3.70. The Hall–Kier alpha value is -2.00. The van der Waals surface area contributed by atoms with Crippen molar-refractivity contribution in [2.45, 2.75) is 33.3 Å². The van der Waals surface area contributed by atoms with E-state index in [4.69, 9.17) is 16.3 Å². The molecule has 1 N–H and O–H groups in total. The Kier molecular flexibility index (Phi) is 5.84. The zero-order valence-corrected chi connectivity index (χ0v) is 13.6. The highest BCUT2D eigenvalue weighted by Gasteiger charge is 2.07. The topological polar surface area (TPSA) is 38.3 Å². The molecule has 4 heteroatoms. The van der Waals surface area contributed by atoms with Crippen LogP contribution in [-0.2, 0) is 17.8 Å². The van der Waals surface area contributed by atoms with E-state index in [1.165, 1.54) is 5.56 Å². The minimum absolute atomic E-state index is 0.0159. The van der Waals surface area contributed by atoms with Crippen LogP contribution in [0.5, 0.6) is 5.75 Å². The number of nitrogens with one attached hydrogen (secondary N) is 1. The number of rotatable bonds is 6. The molecule has 0 aromatic heterocycles. The molecular weight excluding hydrogens is 298 g/mol. The number of amides is 1. The molecule has 2 aromatic rings. The summed E-state index contributed by atoms with van der Waals surface area (Å²) in [7, 11) is 0. The maximum absolute atomic E-state index is 11.6. The molecular formula is C18H20ClNO2. The minimum atomic E-state index is -0.0159. The number of benzene rings is 2. The summed E-state index contributed by atoms with van der Waals surface area (Å²) in [5.41, 5.74) is 2.86. The van der Waals surface area contributed by atoms with Crippen molar-refractivity contribution >= 4 is 23.2 Å². The van der Waals surface area contributed by atoms with Gasteiger partial charge in [0.25, 0.3) is 0 Å². The highest BCUT2D eigenvalue weighted by molar-refractivity contribution is 6.32. The largest absolute Gasteiger partial charge is 0.487 e. The zero-order chi connectivity index (χ0) is 15.9. The average Bonchev–Trinajstić information content (AvgIpc) is 2.54. The minimum Gasteiger partial charge on any atom is -0.487 e. The van der Waals surface area contributed by atoms with E-state index >= 15 is 0 Å². The second kappa shape index (κ2) is 7.85. The van der Waals surface area contributed by atoms with E-state index in [9.17, 15) is 4.79 Å².